The van der Waals surface area contributed by atoms with Gasteiger partial charge >= 0.3 is 0 Å². The highest BCUT2D eigenvalue weighted by Gasteiger charge is 2.17. The maximum Gasteiger partial charge on any atom is 0.0645 e. The molecule has 0 bridgehead atoms. The lowest BCUT2D eigenvalue weighted by molar-refractivity contribution is 1.18. The Morgan fingerprint density at radius 2 is 0.780 bits per heavy atom. The number of fused-ring (bicyclic) bond motifs is 6. The van der Waals surface area contributed by atoms with Crippen LogP contribution in [0.4, 0.5) is 0 Å². The van der Waals surface area contributed by atoms with Gasteiger partial charge in [0.05, 0.1) is 70.2 Å². The van der Waals surface area contributed by atoms with Crippen LogP contribution in [0.5, 0.6) is 0 Å². The zero-order valence-electron chi connectivity index (χ0n) is 56.0. The van der Waals surface area contributed by atoms with Crippen molar-refractivity contribution in [1.82, 2.24) is 9.13 Å². The highest BCUT2D eigenvalue weighted by atomic mass is 15.0. The van der Waals surface area contributed by atoms with Gasteiger partial charge in [-0.15, -0.1) is 0 Å². The predicted octanol–water partition coefficient (Wildman–Crippen LogP) is 12.9. The Balaban J connectivity index is 1.39. The van der Waals surface area contributed by atoms with Gasteiger partial charge in [-0.3, -0.25) is 0 Å². The number of hydrogen-bond acceptors (Lipinski definition) is 0. The topological polar surface area (TPSA) is 9.86 Å². The lowest BCUT2D eigenvalue weighted by atomic mass is 10.0. The molecule has 0 fully saturated rings. The maximum atomic E-state index is 9.92. The van der Waals surface area contributed by atoms with Gasteiger partial charge in [0.1, 0.15) is 0 Å². The maximum absolute atomic E-state index is 9.92. The Labute approximate surface area is 334 Å². The Kier molecular flexibility index (Phi) is 2.58. The van der Waals surface area contributed by atoms with Gasteiger partial charge in [-0.1, -0.05) is 139 Å². The SMILES string of the molecule is [2H]c1cc(-c2c([2H])c([2H])c([2H])c([2H])c2[2H])c(-n2c3c([2H])c([2H])c([2H])c([2H])c3c3c([2H])c(-c4c([2H])c([2H])c5c(c4[2H])c4c([2H])c([2H])c([2H])c([2H])c4n5-c4c([2H])c([2H])c(-c5c([2H])c([2H])c([2H])c([2H])c5[2H])c([2H])c4[2H])c([2H])c([2H])c32)c([2H])c1[2H]. The van der Waals surface area contributed by atoms with Crippen molar-refractivity contribution < 1.29 is 42.5 Å². The van der Waals surface area contributed by atoms with E-state index in [1.54, 1.807) is 0 Å². The second-order valence-corrected chi connectivity index (χ2v) is 10.6. The lowest BCUT2D eigenvalue weighted by Gasteiger charge is -2.14. The number of benzene rings is 8. The highest BCUT2D eigenvalue weighted by Crippen LogP contribution is 2.40. The minimum absolute atomic E-state index is 0.552. The summed E-state index contributed by atoms with van der Waals surface area (Å²) in [6, 6.07) is -28.2. The summed E-state index contributed by atoms with van der Waals surface area (Å²) in [5.41, 5.74) is -8.77. The van der Waals surface area contributed by atoms with Gasteiger partial charge in [0.2, 0.25) is 0 Å². The van der Waals surface area contributed by atoms with Crippen LogP contribution in [0.25, 0.3) is 88.4 Å². The summed E-state index contributed by atoms with van der Waals surface area (Å²) in [7, 11) is 0. The summed E-state index contributed by atoms with van der Waals surface area (Å²) in [6.07, 6.45) is 0. The molecule has 0 N–H and O–H groups in total. The zero-order valence-corrected chi connectivity index (χ0v) is 25.0. The number of rotatable bonds is 5. The first-order valence-corrected chi connectivity index (χ1v) is 14.7. The fourth-order valence-corrected chi connectivity index (χ4v) is 5.73. The number of aromatic nitrogens is 2. The summed E-state index contributed by atoms with van der Waals surface area (Å²) < 4.78 is 279. The number of nitrogens with zero attached hydrogens (tertiary/aromatic N) is 2. The molecule has 0 saturated heterocycles. The van der Waals surface area contributed by atoms with Crippen LogP contribution in [0.2, 0.25) is 0 Å². The van der Waals surface area contributed by atoms with E-state index in [0.717, 1.165) is 10.6 Å². The molecule has 8 aromatic carbocycles. The van der Waals surface area contributed by atoms with Crippen molar-refractivity contribution in [3.8, 4) is 44.8 Å². The normalized spacial score (nSPS) is 20.3. The van der Waals surface area contributed by atoms with Crippen molar-refractivity contribution in [1.29, 1.82) is 0 Å². The molecule has 0 aliphatic carbocycles. The minimum Gasteiger partial charge on any atom is -0.309 e. The Morgan fingerprint density at radius 3 is 1.42 bits per heavy atom. The molecule has 0 radical (unpaired) electrons. The molecule has 2 nitrogen and oxygen atoms in total. The van der Waals surface area contributed by atoms with Crippen LogP contribution >= 0.6 is 0 Å². The largest absolute Gasteiger partial charge is 0.309 e. The highest BCUT2D eigenvalue weighted by molar-refractivity contribution is 6.13. The van der Waals surface area contributed by atoms with Gasteiger partial charge in [-0.2, -0.15) is 0 Å². The third-order valence-electron chi connectivity index (χ3n) is 7.87. The van der Waals surface area contributed by atoms with Gasteiger partial charge in [0.25, 0.3) is 0 Å². The van der Waals surface area contributed by atoms with Crippen molar-refractivity contribution in [2.75, 3.05) is 0 Å². The van der Waals surface area contributed by atoms with Crippen LogP contribution in [-0.4, -0.2) is 9.13 Å². The molecule has 0 atom stereocenters. The van der Waals surface area contributed by atoms with Gasteiger partial charge in [-0.05, 0) is 82.2 Å². The first-order chi connectivity index (χ1) is 37.7. The lowest BCUT2D eigenvalue weighted by Crippen LogP contribution is -1.97. The van der Waals surface area contributed by atoms with Gasteiger partial charge in [0.15, 0.2) is 0 Å². The van der Waals surface area contributed by atoms with Crippen molar-refractivity contribution in [2.24, 2.45) is 0 Å². The quantitative estimate of drug-likeness (QED) is 0.173. The summed E-state index contributed by atoms with van der Waals surface area (Å²) in [4.78, 5) is 0. The molecule has 0 amide bonds. The summed E-state index contributed by atoms with van der Waals surface area (Å²) in [6.45, 7) is 0. The van der Waals surface area contributed by atoms with Crippen molar-refractivity contribution >= 4 is 43.6 Å². The standard InChI is InChI=1S/C48H32N2/c1-3-13-33(14-4-1)34-23-27-38(28-24-34)49-45-21-11-8-18-40(45)42-31-36(25-29-47(42)49)37-26-30-48-43(32-37)41-19-9-12-22-46(41)50(48)44-20-10-7-17-39(44)35-15-5-2-6-16-35/h1-32H/i1D,2D,3D,4D,5D,6D,7D,8D,9D,10D,11D,12D,13D,14D,15D,16D,18D,19D,20D,21D,22D,23D,24D,25D,26D,27D,28D,29D,30D,31D,32D. The second kappa shape index (κ2) is 11.5. The molecule has 0 unspecified atom stereocenters. The average molecular weight is 668 g/mol. The molecule has 0 spiro atoms. The molecule has 50 heavy (non-hydrogen) atoms. The van der Waals surface area contributed by atoms with E-state index in [9.17, 15) is 15.1 Å². The molecule has 2 aromatic heterocycles. The monoisotopic (exact) mass is 667 g/mol. The van der Waals surface area contributed by atoms with Crippen LogP contribution < -0.4 is 0 Å². The van der Waals surface area contributed by atoms with Gasteiger partial charge in [0, 0.05) is 32.8 Å². The molecular formula is C48H32N2. The fraction of sp³-hybridized carbons (Fsp3) is 0. The van der Waals surface area contributed by atoms with E-state index in [-0.39, 0.29) is 0 Å². The van der Waals surface area contributed by atoms with Crippen molar-refractivity contribution in [3.63, 3.8) is 0 Å². The van der Waals surface area contributed by atoms with E-state index in [4.69, 9.17) is 27.4 Å². The minimum atomic E-state index is -1.09. The van der Waals surface area contributed by atoms with Crippen LogP contribution in [0.1, 0.15) is 42.5 Å². The molecule has 10 aromatic rings. The summed E-state index contributed by atoms with van der Waals surface area (Å²) in [5.74, 6) is 0. The van der Waals surface area contributed by atoms with Crippen LogP contribution in [-0.2, 0) is 0 Å². The number of para-hydroxylation sites is 3. The van der Waals surface area contributed by atoms with Gasteiger partial charge < -0.3 is 9.13 Å². The zero-order chi connectivity index (χ0) is 60.0. The van der Waals surface area contributed by atoms with E-state index in [2.05, 4.69) is 0 Å². The number of hydrogen-bond donors (Lipinski definition) is 0. The first kappa shape index (κ1) is 11.2. The second-order valence-electron chi connectivity index (χ2n) is 10.6. The predicted molar refractivity (Wildman–Crippen MR) is 211 cm³/mol. The van der Waals surface area contributed by atoms with Gasteiger partial charge in [-0.25, -0.2) is 0 Å². The molecule has 0 aliphatic rings. The third-order valence-corrected chi connectivity index (χ3v) is 7.87. The van der Waals surface area contributed by atoms with Crippen molar-refractivity contribution in [3.05, 3.63) is 193 Å². The Morgan fingerprint density at radius 1 is 0.320 bits per heavy atom. The van der Waals surface area contributed by atoms with E-state index >= 15 is 0 Å². The molecule has 2 heterocycles. The van der Waals surface area contributed by atoms with Crippen LogP contribution in [0.15, 0.2) is 193 Å². The fourth-order valence-electron chi connectivity index (χ4n) is 5.73. The molecular weight excluding hydrogens is 605 g/mol. The van der Waals surface area contributed by atoms with Crippen LogP contribution in [0.3, 0.4) is 0 Å². The molecule has 2 heteroatoms. The van der Waals surface area contributed by atoms with E-state index in [1.165, 1.54) is 0 Å². The Hall–Kier alpha value is -6.64. The third kappa shape index (κ3) is 4.50. The molecule has 10 rings (SSSR count). The van der Waals surface area contributed by atoms with E-state index in [1.807, 2.05) is 0 Å². The first-order valence-electron chi connectivity index (χ1n) is 30.2. The van der Waals surface area contributed by atoms with Crippen LogP contribution in [0, 0.1) is 0 Å². The van der Waals surface area contributed by atoms with Crippen molar-refractivity contribution in [2.45, 2.75) is 0 Å². The Bertz CT molecular complexity index is 4560. The molecule has 0 aliphatic heterocycles. The van der Waals surface area contributed by atoms with E-state index < -0.39 is 276 Å². The smallest absolute Gasteiger partial charge is 0.0645 e. The summed E-state index contributed by atoms with van der Waals surface area (Å²) >= 11 is 0. The summed E-state index contributed by atoms with van der Waals surface area (Å²) in [5, 5.41) is -2.58. The van der Waals surface area contributed by atoms with E-state index in [0.29, 0.717) is 4.57 Å². The molecule has 234 valence electrons. The molecule has 0 saturated carbocycles. The average Bonchev–Trinajstić information content (AvgIpc) is 3.41.